The highest BCUT2D eigenvalue weighted by molar-refractivity contribution is 7.99. The summed E-state index contributed by atoms with van der Waals surface area (Å²) in [5.41, 5.74) is 0. The molecule has 3 heteroatoms. The second-order valence-electron chi connectivity index (χ2n) is 3.80. The van der Waals surface area contributed by atoms with Gasteiger partial charge in [0.15, 0.2) is 0 Å². The maximum Gasteiger partial charge on any atom is 0.0541 e. The third-order valence-electron chi connectivity index (χ3n) is 2.32. The normalized spacial score (nSPS) is 12.1. The predicted octanol–water partition coefficient (Wildman–Crippen LogP) is 3.82. The van der Waals surface area contributed by atoms with Crippen LogP contribution in [0.15, 0.2) is 29.2 Å². The zero-order chi connectivity index (χ0) is 12.5. The lowest BCUT2D eigenvalue weighted by molar-refractivity contribution is 0.563. The fourth-order valence-corrected chi connectivity index (χ4v) is 2.73. The van der Waals surface area contributed by atoms with Crippen molar-refractivity contribution in [2.45, 2.75) is 30.7 Å². The van der Waals surface area contributed by atoms with Gasteiger partial charge < -0.3 is 5.32 Å². The van der Waals surface area contributed by atoms with E-state index in [1.807, 2.05) is 24.3 Å². The molecule has 0 spiro atoms. The highest BCUT2D eigenvalue weighted by Gasteiger charge is 2.08. The van der Waals surface area contributed by atoms with Gasteiger partial charge in [-0.2, -0.15) is 0 Å². The lowest BCUT2D eigenvalue weighted by atomic mass is 10.2. The van der Waals surface area contributed by atoms with Gasteiger partial charge >= 0.3 is 0 Å². The Kier molecular flexibility index (Phi) is 7.19. The standard InChI is InChI=1S/C14H18ClNS/c1-3-7-12(16-10-4-2)11-17-14-9-6-5-8-13(14)15/h1,5-6,8-9,12,16H,4,7,10-11H2,2H3. The average molecular weight is 268 g/mol. The summed E-state index contributed by atoms with van der Waals surface area (Å²) < 4.78 is 0. The molecular formula is C14H18ClNS. The van der Waals surface area contributed by atoms with Crippen molar-refractivity contribution in [3.63, 3.8) is 0 Å². The lowest BCUT2D eigenvalue weighted by Crippen LogP contribution is -2.31. The van der Waals surface area contributed by atoms with E-state index >= 15 is 0 Å². The van der Waals surface area contributed by atoms with E-state index in [0.717, 1.165) is 35.1 Å². The maximum atomic E-state index is 6.11. The average Bonchev–Trinajstić information content (AvgIpc) is 2.34. The molecule has 1 rings (SSSR count). The summed E-state index contributed by atoms with van der Waals surface area (Å²) in [5.74, 6) is 3.67. The number of terminal acetylenes is 1. The van der Waals surface area contributed by atoms with E-state index in [4.69, 9.17) is 18.0 Å². The van der Waals surface area contributed by atoms with Crippen LogP contribution in [0.5, 0.6) is 0 Å². The van der Waals surface area contributed by atoms with Crippen molar-refractivity contribution in [2.75, 3.05) is 12.3 Å². The summed E-state index contributed by atoms with van der Waals surface area (Å²) in [5, 5.41) is 4.27. The van der Waals surface area contributed by atoms with Crippen molar-refractivity contribution in [1.29, 1.82) is 0 Å². The molecule has 0 saturated heterocycles. The first-order valence-electron chi connectivity index (χ1n) is 5.82. The molecule has 1 nitrogen and oxygen atoms in total. The number of hydrogen-bond donors (Lipinski definition) is 1. The molecule has 0 aliphatic carbocycles. The molecule has 0 fully saturated rings. The third-order valence-corrected chi connectivity index (χ3v) is 4.00. The van der Waals surface area contributed by atoms with Crippen molar-refractivity contribution in [3.8, 4) is 12.3 Å². The van der Waals surface area contributed by atoms with Crippen LogP contribution in [0.25, 0.3) is 0 Å². The van der Waals surface area contributed by atoms with E-state index in [1.165, 1.54) is 0 Å². The Morgan fingerprint density at radius 1 is 1.47 bits per heavy atom. The number of hydrogen-bond acceptors (Lipinski definition) is 2. The zero-order valence-corrected chi connectivity index (χ0v) is 11.7. The molecule has 17 heavy (non-hydrogen) atoms. The van der Waals surface area contributed by atoms with E-state index < -0.39 is 0 Å². The Balaban J connectivity index is 2.46. The number of thioether (sulfide) groups is 1. The Hall–Kier alpha value is -0.620. The minimum absolute atomic E-state index is 0.362. The summed E-state index contributed by atoms with van der Waals surface area (Å²) in [6.07, 6.45) is 7.26. The van der Waals surface area contributed by atoms with E-state index in [2.05, 4.69) is 18.2 Å². The van der Waals surface area contributed by atoms with Crippen LogP contribution in [0.3, 0.4) is 0 Å². The van der Waals surface area contributed by atoms with Crippen LogP contribution in [0.4, 0.5) is 0 Å². The van der Waals surface area contributed by atoms with Crippen molar-refractivity contribution >= 4 is 23.4 Å². The van der Waals surface area contributed by atoms with Gasteiger partial charge in [-0.3, -0.25) is 0 Å². The highest BCUT2D eigenvalue weighted by atomic mass is 35.5. The third kappa shape index (κ3) is 5.50. The minimum atomic E-state index is 0.362. The summed E-state index contributed by atoms with van der Waals surface area (Å²) in [6.45, 7) is 3.16. The molecule has 1 atom stereocenters. The first-order valence-corrected chi connectivity index (χ1v) is 7.18. The van der Waals surface area contributed by atoms with Gasteiger partial charge in [-0.1, -0.05) is 30.7 Å². The van der Waals surface area contributed by atoms with Gasteiger partial charge in [0, 0.05) is 23.1 Å². The predicted molar refractivity (Wildman–Crippen MR) is 77.7 cm³/mol. The molecule has 0 amide bonds. The Labute approximate surface area is 113 Å². The van der Waals surface area contributed by atoms with Crippen molar-refractivity contribution in [3.05, 3.63) is 29.3 Å². The Morgan fingerprint density at radius 3 is 2.88 bits per heavy atom. The van der Waals surface area contributed by atoms with Crippen LogP contribution in [0.2, 0.25) is 5.02 Å². The van der Waals surface area contributed by atoms with Crippen molar-refractivity contribution in [1.82, 2.24) is 5.32 Å². The molecule has 0 radical (unpaired) electrons. The van der Waals surface area contributed by atoms with Crippen LogP contribution in [0, 0.1) is 12.3 Å². The van der Waals surface area contributed by atoms with Gasteiger partial charge in [0.1, 0.15) is 0 Å². The van der Waals surface area contributed by atoms with Gasteiger partial charge in [0.2, 0.25) is 0 Å². The molecule has 1 aromatic carbocycles. The molecule has 0 bridgehead atoms. The maximum absolute atomic E-state index is 6.11. The second-order valence-corrected chi connectivity index (χ2v) is 5.27. The molecule has 0 heterocycles. The Morgan fingerprint density at radius 2 is 2.24 bits per heavy atom. The molecular weight excluding hydrogens is 250 g/mol. The largest absolute Gasteiger partial charge is 0.312 e. The molecule has 1 unspecified atom stereocenters. The topological polar surface area (TPSA) is 12.0 Å². The molecule has 0 aliphatic rings. The lowest BCUT2D eigenvalue weighted by Gasteiger charge is -2.15. The van der Waals surface area contributed by atoms with Crippen LogP contribution >= 0.6 is 23.4 Å². The SMILES string of the molecule is C#CCC(CSc1ccccc1Cl)NCCC. The fourth-order valence-electron chi connectivity index (χ4n) is 1.43. The van der Waals surface area contributed by atoms with Gasteiger partial charge in [0.05, 0.1) is 5.02 Å². The molecule has 0 aliphatic heterocycles. The van der Waals surface area contributed by atoms with Crippen molar-refractivity contribution < 1.29 is 0 Å². The number of nitrogens with one attached hydrogen (secondary N) is 1. The number of rotatable bonds is 7. The highest BCUT2D eigenvalue weighted by Crippen LogP contribution is 2.27. The zero-order valence-electron chi connectivity index (χ0n) is 10.1. The molecule has 1 N–H and O–H groups in total. The number of halogens is 1. The van der Waals surface area contributed by atoms with Crippen LogP contribution in [-0.2, 0) is 0 Å². The van der Waals surface area contributed by atoms with Gasteiger partial charge in [-0.05, 0) is 25.1 Å². The summed E-state index contributed by atoms with van der Waals surface area (Å²) in [4.78, 5) is 1.12. The van der Waals surface area contributed by atoms with Crippen LogP contribution < -0.4 is 5.32 Å². The van der Waals surface area contributed by atoms with Crippen molar-refractivity contribution in [2.24, 2.45) is 0 Å². The number of benzene rings is 1. The van der Waals surface area contributed by atoms with E-state index in [0.29, 0.717) is 6.04 Å². The van der Waals surface area contributed by atoms with Crippen LogP contribution in [-0.4, -0.2) is 18.3 Å². The smallest absolute Gasteiger partial charge is 0.0541 e. The summed E-state index contributed by atoms with van der Waals surface area (Å²) >= 11 is 7.86. The monoisotopic (exact) mass is 267 g/mol. The van der Waals surface area contributed by atoms with E-state index in [1.54, 1.807) is 11.8 Å². The first kappa shape index (κ1) is 14.4. The Bertz CT molecular complexity index is 373. The van der Waals surface area contributed by atoms with Gasteiger partial charge in [-0.25, -0.2) is 0 Å². The quantitative estimate of drug-likeness (QED) is 0.595. The van der Waals surface area contributed by atoms with Crippen LogP contribution in [0.1, 0.15) is 19.8 Å². The minimum Gasteiger partial charge on any atom is -0.312 e. The fraction of sp³-hybridized carbons (Fsp3) is 0.429. The first-order chi connectivity index (χ1) is 8.27. The summed E-state index contributed by atoms with van der Waals surface area (Å²) in [7, 11) is 0. The van der Waals surface area contributed by atoms with E-state index in [9.17, 15) is 0 Å². The van der Waals surface area contributed by atoms with Gasteiger partial charge in [-0.15, -0.1) is 24.1 Å². The van der Waals surface area contributed by atoms with E-state index in [-0.39, 0.29) is 0 Å². The summed E-state index contributed by atoms with van der Waals surface area (Å²) in [6, 6.07) is 8.27. The molecule has 92 valence electrons. The molecule has 0 aromatic heterocycles. The second kappa shape index (κ2) is 8.47. The molecule has 0 saturated carbocycles. The van der Waals surface area contributed by atoms with Gasteiger partial charge in [0.25, 0.3) is 0 Å². The molecule has 1 aromatic rings.